The Morgan fingerprint density at radius 3 is 2.86 bits per heavy atom. The van der Waals surface area contributed by atoms with Gasteiger partial charge in [-0.15, -0.1) is 6.42 Å². The van der Waals surface area contributed by atoms with E-state index in [2.05, 4.69) is 12.2 Å². The van der Waals surface area contributed by atoms with E-state index < -0.39 is 0 Å². The van der Waals surface area contributed by atoms with Crippen LogP contribution < -0.4 is 0 Å². The highest BCUT2D eigenvalue weighted by atomic mass is 32.2. The summed E-state index contributed by atoms with van der Waals surface area (Å²) in [7, 11) is 0. The molecule has 0 nitrogen and oxygen atoms in total. The Bertz CT molecular complexity index is 61.1. The zero-order valence-corrected chi connectivity index (χ0v) is 5.42. The normalized spacial score (nSPS) is 8.00. The van der Waals surface area contributed by atoms with Crippen LogP contribution in [0.3, 0.4) is 0 Å². The van der Waals surface area contributed by atoms with Gasteiger partial charge in [0.05, 0.1) is 0 Å². The fourth-order valence-corrected chi connectivity index (χ4v) is 0.826. The molecule has 0 heterocycles. The number of unbranched alkanes of at least 4 members (excludes halogenated alkanes) is 1. The summed E-state index contributed by atoms with van der Waals surface area (Å²) in [4.78, 5) is 0. The first-order valence-electron chi connectivity index (χ1n) is 2.49. The standard InChI is InChI=1S/C6H10S/c1-3-5-6-7-4-2/h2H,3,5-6H2,1H3. The van der Waals surface area contributed by atoms with Gasteiger partial charge in [0.15, 0.2) is 0 Å². The number of terminal acetylenes is 1. The third kappa shape index (κ3) is 5.91. The van der Waals surface area contributed by atoms with Crippen LogP contribution in [0.25, 0.3) is 0 Å². The lowest BCUT2D eigenvalue weighted by Gasteiger charge is -1.85. The maximum absolute atomic E-state index is 4.98. The van der Waals surface area contributed by atoms with Gasteiger partial charge < -0.3 is 0 Å². The lowest BCUT2D eigenvalue weighted by atomic mass is 10.4. The Balaban J connectivity index is 2.60. The second kappa shape index (κ2) is 5.91. The zero-order valence-electron chi connectivity index (χ0n) is 4.61. The summed E-state index contributed by atoms with van der Waals surface area (Å²) < 4.78 is 0. The fraction of sp³-hybridized carbons (Fsp3) is 0.667. The molecule has 0 aliphatic rings. The molecule has 0 aromatic rings. The van der Waals surface area contributed by atoms with Crippen molar-refractivity contribution in [2.45, 2.75) is 19.8 Å². The van der Waals surface area contributed by atoms with E-state index in [0.717, 1.165) is 5.75 Å². The maximum Gasteiger partial charge on any atom is 0.00565 e. The Morgan fingerprint density at radius 2 is 2.43 bits per heavy atom. The first-order chi connectivity index (χ1) is 3.41. The predicted molar refractivity (Wildman–Crippen MR) is 36.2 cm³/mol. The lowest BCUT2D eigenvalue weighted by Crippen LogP contribution is -1.71. The van der Waals surface area contributed by atoms with Gasteiger partial charge in [0, 0.05) is 5.75 Å². The van der Waals surface area contributed by atoms with Gasteiger partial charge in [-0.05, 0) is 11.7 Å². The minimum absolute atomic E-state index is 1.12. The molecule has 7 heavy (non-hydrogen) atoms. The third-order valence-electron chi connectivity index (χ3n) is 0.683. The molecule has 0 spiro atoms. The quantitative estimate of drug-likeness (QED) is 0.400. The number of thioether (sulfide) groups is 1. The molecule has 0 atom stereocenters. The van der Waals surface area contributed by atoms with E-state index in [1.807, 2.05) is 0 Å². The summed E-state index contributed by atoms with van der Waals surface area (Å²) in [5, 5.41) is 2.52. The summed E-state index contributed by atoms with van der Waals surface area (Å²) in [5.41, 5.74) is 0. The molecule has 0 rings (SSSR count). The van der Waals surface area contributed by atoms with Gasteiger partial charge in [-0.1, -0.05) is 25.1 Å². The molecule has 1 heteroatoms. The van der Waals surface area contributed by atoms with Crippen molar-refractivity contribution in [3.63, 3.8) is 0 Å². The fourth-order valence-electron chi connectivity index (χ4n) is 0.275. The molecule has 0 bridgehead atoms. The van der Waals surface area contributed by atoms with E-state index in [9.17, 15) is 0 Å². The van der Waals surface area contributed by atoms with E-state index in [1.165, 1.54) is 12.8 Å². The molecule has 0 aromatic heterocycles. The van der Waals surface area contributed by atoms with Crippen molar-refractivity contribution in [2.75, 3.05) is 5.75 Å². The highest BCUT2D eigenvalue weighted by Gasteiger charge is 1.78. The molecular weight excluding hydrogens is 104 g/mol. The SMILES string of the molecule is C#CSCCCC. The molecule has 0 aliphatic carbocycles. The molecule has 0 unspecified atom stereocenters. The monoisotopic (exact) mass is 114 g/mol. The van der Waals surface area contributed by atoms with Crippen LogP contribution in [0.1, 0.15) is 19.8 Å². The average Bonchev–Trinajstić information content (AvgIpc) is 1.69. The van der Waals surface area contributed by atoms with E-state index in [4.69, 9.17) is 6.42 Å². The number of hydrogen-bond donors (Lipinski definition) is 0. The molecule has 0 saturated carbocycles. The van der Waals surface area contributed by atoms with Crippen molar-refractivity contribution in [1.82, 2.24) is 0 Å². The molecule has 0 radical (unpaired) electrons. The summed E-state index contributed by atoms with van der Waals surface area (Å²) in [6.45, 7) is 2.16. The Hall–Kier alpha value is -0.0900. The zero-order chi connectivity index (χ0) is 5.54. The topological polar surface area (TPSA) is 0 Å². The lowest BCUT2D eigenvalue weighted by molar-refractivity contribution is 0.898. The van der Waals surface area contributed by atoms with Crippen molar-refractivity contribution in [3.05, 3.63) is 0 Å². The molecule has 0 fully saturated rings. The maximum atomic E-state index is 4.98. The highest BCUT2D eigenvalue weighted by Crippen LogP contribution is 1.99. The summed E-state index contributed by atoms with van der Waals surface area (Å²) in [6, 6.07) is 0. The van der Waals surface area contributed by atoms with Gasteiger partial charge in [-0.2, -0.15) is 0 Å². The Labute approximate surface area is 49.7 Å². The second-order valence-electron chi connectivity index (χ2n) is 1.32. The van der Waals surface area contributed by atoms with Gasteiger partial charge in [-0.3, -0.25) is 0 Å². The summed E-state index contributed by atoms with van der Waals surface area (Å²) in [6.07, 6.45) is 7.47. The third-order valence-corrected chi connectivity index (χ3v) is 1.34. The van der Waals surface area contributed by atoms with Gasteiger partial charge in [0.25, 0.3) is 0 Å². The minimum Gasteiger partial charge on any atom is -0.108 e. The van der Waals surface area contributed by atoms with Crippen molar-refractivity contribution in [3.8, 4) is 11.7 Å². The van der Waals surface area contributed by atoms with E-state index in [1.54, 1.807) is 11.8 Å². The van der Waals surface area contributed by atoms with Crippen molar-refractivity contribution >= 4 is 11.8 Å². The van der Waals surface area contributed by atoms with Crippen LogP contribution >= 0.6 is 11.8 Å². The van der Waals surface area contributed by atoms with Crippen LogP contribution in [0, 0.1) is 11.7 Å². The number of hydrogen-bond acceptors (Lipinski definition) is 1. The molecule has 0 aromatic carbocycles. The second-order valence-corrected chi connectivity index (χ2v) is 2.25. The first kappa shape index (κ1) is 6.91. The smallest absolute Gasteiger partial charge is 0.00565 e. The van der Waals surface area contributed by atoms with Gasteiger partial charge in [-0.25, -0.2) is 0 Å². The average molecular weight is 114 g/mol. The molecule has 40 valence electrons. The van der Waals surface area contributed by atoms with Crippen molar-refractivity contribution in [1.29, 1.82) is 0 Å². The first-order valence-corrected chi connectivity index (χ1v) is 3.47. The van der Waals surface area contributed by atoms with Crippen LogP contribution in [-0.4, -0.2) is 5.75 Å². The highest BCUT2D eigenvalue weighted by molar-refractivity contribution is 8.03. The molecule has 0 amide bonds. The van der Waals surface area contributed by atoms with Gasteiger partial charge in [0.1, 0.15) is 0 Å². The Morgan fingerprint density at radius 1 is 1.71 bits per heavy atom. The van der Waals surface area contributed by atoms with Crippen LogP contribution in [0.15, 0.2) is 0 Å². The molecule has 0 saturated heterocycles. The van der Waals surface area contributed by atoms with Crippen molar-refractivity contribution in [2.24, 2.45) is 0 Å². The largest absolute Gasteiger partial charge is 0.108 e. The van der Waals surface area contributed by atoms with E-state index in [-0.39, 0.29) is 0 Å². The summed E-state index contributed by atoms with van der Waals surface area (Å²) in [5.74, 6) is 1.12. The van der Waals surface area contributed by atoms with Crippen LogP contribution in [0.2, 0.25) is 0 Å². The summed E-state index contributed by atoms with van der Waals surface area (Å²) >= 11 is 1.56. The van der Waals surface area contributed by atoms with E-state index >= 15 is 0 Å². The van der Waals surface area contributed by atoms with E-state index in [0.29, 0.717) is 0 Å². The number of rotatable bonds is 3. The molecule has 0 aliphatic heterocycles. The minimum atomic E-state index is 1.12. The van der Waals surface area contributed by atoms with Crippen LogP contribution in [0.4, 0.5) is 0 Å². The van der Waals surface area contributed by atoms with Crippen molar-refractivity contribution < 1.29 is 0 Å². The van der Waals surface area contributed by atoms with Crippen LogP contribution in [-0.2, 0) is 0 Å². The van der Waals surface area contributed by atoms with Gasteiger partial charge in [0.2, 0.25) is 0 Å². The molecular formula is C6H10S. The predicted octanol–water partition coefficient (Wildman–Crippen LogP) is 2.11. The van der Waals surface area contributed by atoms with Crippen LogP contribution in [0.5, 0.6) is 0 Å². The molecule has 0 N–H and O–H groups in total. The van der Waals surface area contributed by atoms with Gasteiger partial charge >= 0.3 is 0 Å². The Kier molecular flexibility index (Phi) is 5.83.